The van der Waals surface area contributed by atoms with Gasteiger partial charge in [-0.2, -0.15) is 0 Å². The fourth-order valence-electron chi connectivity index (χ4n) is 2.23. The Bertz CT molecular complexity index is 505. The molecule has 1 aliphatic rings. The van der Waals surface area contributed by atoms with Crippen molar-refractivity contribution in [3.8, 4) is 0 Å². The van der Waals surface area contributed by atoms with E-state index in [4.69, 9.17) is 4.84 Å². The van der Waals surface area contributed by atoms with Crippen molar-refractivity contribution in [2.24, 2.45) is 0 Å². The first-order valence-corrected chi connectivity index (χ1v) is 6.87. The van der Waals surface area contributed by atoms with Crippen molar-refractivity contribution in [3.63, 3.8) is 0 Å². The van der Waals surface area contributed by atoms with Crippen molar-refractivity contribution in [2.75, 3.05) is 26.2 Å². The van der Waals surface area contributed by atoms with Crippen molar-refractivity contribution in [1.29, 1.82) is 0 Å². The van der Waals surface area contributed by atoms with Gasteiger partial charge in [0.05, 0.1) is 12.2 Å². The summed E-state index contributed by atoms with van der Waals surface area (Å²) in [5.74, 6) is -5.47. The second kappa shape index (κ2) is 7.42. The van der Waals surface area contributed by atoms with E-state index in [1.165, 1.54) is 6.42 Å². The van der Waals surface area contributed by atoms with Crippen LogP contribution >= 0.6 is 0 Å². The first-order valence-electron chi connectivity index (χ1n) is 6.87. The van der Waals surface area contributed by atoms with Gasteiger partial charge in [0.1, 0.15) is 0 Å². The Morgan fingerprint density at radius 2 is 1.86 bits per heavy atom. The molecule has 1 N–H and O–H groups in total. The normalized spacial score (nSPS) is 16.0. The summed E-state index contributed by atoms with van der Waals surface area (Å²) in [6, 6.07) is 1.57. The number of piperidine rings is 1. The number of rotatable bonds is 5. The van der Waals surface area contributed by atoms with Crippen LogP contribution < -0.4 is 5.48 Å². The molecule has 1 saturated heterocycles. The SMILES string of the molecule is O=C(NOCCN1CCCCC1)c1ccc(F)c(F)c1F. The molecule has 116 valence electrons. The lowest BCUT2D eigenvalue weighted by Crippen LogP contribution is -2.35. The van der Waals surface area contributed by atoms with Gasteiger partial charge in [-0.3, -0.25) is 9.63 Å². The summed E-state index contributed by atoms with van der Waals surface area (Å²) in [4.78, 5) is 18.8. The van der Waals surface area contributed by atoms with Gasteiger partial charge in [0.15, 0.2) is 17.5 Å². The molecule has 0 bridgehead atoms. The van der Waals surface area contributed by atoms with E-state index < -0.39 is 28.9 Å². The quantitative estimate of drug-likeness (QED) is 0.515. The number of hydrogen-bond acceptors (Lipinski definition) is 3. The molecule has 0 atom stereocenters. The van der Waals surface area contributed by atoms with E-state index >= 15 is 0 Å². The van der Waals surface area contributed by atoms with Crippen LogP contribution in [0.4, 0.5) is 13.2 Å². The standard InChI is InChI=1S/C14H17F3N2O2/c15-11-5-4-10(12(16)13(11)17)14(20)18-21-9-8-19-6-2-1-3-7-19/h4-5H,1-3,6-9H2,(H,18,20). The molecular formula is C14H17F3N2O2. The third kappa shape index (κ3) is 4.18. The van der Waals surface area contributed by atoms with Crippen LogP contribution in [0, 0.1) is 17.5 Å². The van der Waals surface area contributed by atoms with Crippen molar-refractivity contribution < 1.29 is 22.8 Å². The van der Waals surface area contributed by atoms with Crippen molar-refractivity contribution in [3.05, 3.63) is 35.1 Å². The van der Waals surface area contributed by atoms with E-state index in [0.717, 1.165) is 32.0 Å². The first kappa shape index (κ1) is 15.8. The van der Waals surface area contributed by atoms with Crippen molar-refractivity contribution in [1.82, 2.24) is 10.4 Å². The van der Waals surface area contributed by atoms with E-state index in [1.807, 2.05) is 5.48 Å². The molecule has 0 saturated carbocycles. The lowest BCUT2D eigenvalue weighted by molar-refractivity contribution is 0.0202. The average Bonchev–Trinajstić information content (AvgIpc) is 2.50. The maximum atomic E-state index is 13.4. The monoisotopic (exact) mass is 302 g/mol. The number of carbonyl (C=O) groups is 1. The van der Waals surface area contributed by atoms with Crippen molar-refractivity contribution >= 4 is 5.91 Å². The summed E-state index contributed by atoms with van der Waals surface area (Å²) >= 11 is 0. The van der Waals surface area contributed by atoms with Gasteiger partial charge in [0.2, 0.25) is 0 Å². The van der Waals surface area contributed by atoms with Gasteiger partial charge in [0.25, 0.3) is 5.91 Å². The Labute approximate surface area is 120 Å². The molecule has 4 nitrogen and oxygen atoms in total. The summed E-state index contributed by atoms with van der Waals surface area (Å²) in [6.45, 7) is 2.89. The largest absolute Gasteiger partial charge is 0.301 e. The third-order valence-corrected chi connectivity index (χ3v) is 3.40. The summed E-state index contributed by atoms with van der Waals surface area (Å²) in [5, 5.41) is 0. The topological polar surface area (TPSA) is 41.6 Å². The Balaban J connectivity index is 1.78. The Morgan fingerprint density at radius 3 is 2.57 bits per heavy atom. The zero-order valence-electron chi connectivity index (χ0n) is 11.5. The highest BCUT2D eigenvalue weighted by molar-refractivity contribution is 5.93. The number of nitrogens with zero attached hydrogens (tertiary/aromatic N) is 1. The highest BCUT2D eigenvalue weighted by atomic mass is 19.2. The summed E-state index contributed by atoms with van der Waals surface area (Å²) in [5.41, 5.74) is 1.44. The van der Waals surface area contributed by atoms with Crippen LogP contribution in [-0.2, 0) is 4.84 Å². The van der Waals surface area contributed by atoms with E-state index in [9.17, 15) is 18.0 Å². The molecule has 0 spiro atoms. The molecule has 1 fully saturated rings. The Morgan fingerprint density at radius 1 is 1.14 bits per heavy atom. The molecule has 1 heterocycles. The molecule has 0 radical (unpaired) electrons. The van der Waals surface area contributed by atoms with Crippen LogP contribution in [0.25, 0.3) is 0 Å². The number of amides is 1. The molecule has 1 aromatic carbocycles. The molecule has 7 heteroatoms. The molecule has 1 amide bonds. The highest BCUT2D eigenvalue weighted by Gasteiger charge is 2.19. The number of hydrogen-bond donors (Lipinski definition) is 1. The minimum absolute atomic E-state index is 0.247. The summed E-state index contributed by atoms with van der Waals surface area (Å²) < 4.78 is 39.1. The van der Waals surface area contributed by atoms with Crippen LogP contribution in [-0.4, -0.2) is 37.0 Å². The van der Waals surface area contributed by atoms with Crippen LogP contribution in [0.15, 0.2) is 12.1 Å². The second-order valence-corrected chi connectivity index (χ2v) is 4.90. The van der Waals surface area contributed by atoms with Crippen molar-refractivity contribution in [2.45, 2.75) is 19.3 Å². The fraction of sp³-hybridized carbons (Fsp3) is 0.500. The number of carbonyl (C=O) groups excluding carboxylic acids is 1. The van der Waals surface area contributed by atoms with E-state index in [1.54, 1.807) is 0 Å². The van der Waals surface area contributed by atoms with Crippen LogP contribution in [0.5, 0.6) is 0 Å². The molecule has 2 rings (SSSR count). The maximum Gasteiger partial charge on any atom is 0.277 e. The summed E-state index contributed by atoms with van der Waals surface area (Å²) in [6.07, 6.45) is 3.52. The highest BCUT2D eigenvalue weighted by Crippen LogP contribution is 2.15. The molecule has 1 aliphatic heterocycles. The van der Waals surface area contributed by atoms with Gasteiger partial charge in [-0.1, -0.05) is 6.42 Å². The van der Waals surface area contributed by atoms with Gasteiger partial charge >= 0.3 is 0 Å². The number of nitrogens with one attached hydrogen (secondary N) is 1. The predicted molar refractivity (Wildman–Crippen MR) is 70.0 cm³/mol. The molecule has 0 unspecified atom stereocenters. The average molecular weight is 302 g/mol. The van der Waals surface area contributed by atoms with Gasteiger partial charge in [0, 0.05) is 6.54 Å². The number of likely N-dealkylation sites (tertiary alicyclic amines) is 1. The maximum absolute atomic E-state index is 13.4. The van der Waals surface area contributed by atoms with Crippen LogP contribution in [0.3, 0.4) is 0 Å². The van der Waals surface area contributed by atoms with Crippen LogP contribution in [0.1, 0.15) is 29.6 Å². The minimum atomic E-state index is -1.67. The number of halogens is 3. The zero-order chi connectivity index (χ0) is 15.2. The summed E-state index contributed by atoms with van der Waals surface area (Å²) in [7, 11) is 0. The molecular weight excluding hydrogens is 285 g/mol. The third-order valence-electron chi connectivity index (χ3n) is 3.40. The molecule has 0 aliphatic carbocycles. The molecule has 1 aromatic rings. The van der Waals surface area contributed by atoms with Gasteiger partial charge in [-0.05, 0) is 38.1 Å². The van der Waals surface area contributed by atoms with E-state index in [2.05, 4.69) is 4.90 Å². The smallest absolute Gasteiger partial charge is 0.277 e. The van der Waals surface area contributed by atoms with E-state index in [0.29, 0.717) is 12.6 Å². The lowest BCUT2D eigenvalue weighted by Gasteiger charge is -2.25. The lowest BCUT2D eigenvalue weighted by atomic mass is 10.1. The van der Waals surface area contributed by atoms with Gasteiger partial charge < -0.3 is 4.90 Å². The predicted octanol–water partition coefficient (Wildman–Crippen LogP) is 2.25. The Hall–Kier alpha value is -1.60. The minimum Gasteiger partial charge on any atom is -0.301 e. The Kier molecular flexibility index (Phi) is 5.58. The number of benzene rings is 1. The van der Waals surface area contributed by atoms with Gasteiger partial charge in [-0.15, -0.1) is 0 Å². The van der Waals surface area contributed by atoms with Crippen LogP contribution in [0.2, 0.25) is 0 Å². The van der Waals surface area contributed by atoms with Gasteiger partial charge in [-0.25, -0.2) is 18.7 Å². The molecule has 21 heavy (non-hydrogen) atoms. The second-order valence-electron chi connectivity index (χ2n) is 4.90. The van der Waals surface area contributed by atoms with E-state index in [-0.39, 0.29) is 6.61 Å². The number of hydroxylamine groups is 1. The fourth-order valence-corrected chi connectivity index (χ4v) is 2.23. The first-order chi connectivity index (χ1) is 10.1. The molecule has 0 aromatic heterocycles. The zero-order valence-corrected chi connectivity index (χ0v) is 11.5.